The number of nitrogens with zero attached hydrogens (tertiary/aromatic N) is 3. The summed E-state index contributed by atoms with van der Waals surface area (Å²) in [6, 6.07) is 4.82. The molecule has 0 fully saturated rings. The summed E-state index contributed by atoms with van der Waals surface area (Å²) in [5.74, 6) is -1.49. The molecule has 0 amide bonds. The second kappa shape index (κ2) is 6.67. The Morgan fingerprint density at radius 1 is 1.29 bits per heavy atom. The molecule has 0 atom stereocenters. The third-order valence-electron chi connectivity index (χ3n) is 2.71. The van der Waals surface area contributed by atoms with Crippen LogP contribution in [0.5, 0.6) is 0 Å². The summed E-state index contributed by atoms with van der Waals surface area (Å²) in [7, 11) is 1.52. The minimum absolute atomic E-state index is 0.0811. The lowest BCUT2D eigenvalue weighted by molar-refractivity contribution is 0.0685. The van der Waals surface area contributed by atoms with Crippen molar-refractivity contribution in [3.63, 3.8) is 0 Å². The minimum atomic E-state index is -1.28. The van der Waals surface area contributed by atoms with Gasteiger partial charge >= 0.3 is 5.97 Å². The van der Waals surface area contributed by atoms with Crippen LogP contribution in [0, 0.1) is 0 Å². The summed E-state index contributed by atoms with van der Waals surface area (Å²) in [4.78, 5) is 35.4. The molecular formula is C14H13N3O4. The number of aromatic carboxylic acids is 1. The van der Waals surface area contributed by atoms with Crippen molar-refractivity contribution in [1.29, 1.82) is 0 Å². The monoisotopic (exact) mass is 287 g/mol. The molecule has 0 spiro atoms. The molecule has 0 aromatic carbocycles. The summed E-state index contributed by atoms with van der Waals surface area (Å²) in [6.07, 6.45) is 3.05. The van der Waals surface area contributed by atoms with E-state index in [1.807, 2.05) is 0 Å². The lowest BCUT2D eigenvalue weighted by Crippen LogP contribution is -2.16. The fraction of sp³-hybridized carbons (Fsp3) is 0.214. The van der Waals surface area contributed by atoms with Crippen LogP contribution < -0.4 is 0 Å². The molecule has 2 rings (SSSR count). The molecule has 0 saturated carbocycles. The number of hydrogen-bond acceptors (Lipinski definition) is 6. The molecule has 2 aromatic rings. The van der Waals surface area contributed by atoms with E-state index >= 15 is 0 Å². The van der Waals surface area contributed by atoms with Crippen LogP contribution in [0.25, 0.3) is 0 Å². The molecule has 0 aliphatic carbocycles. The predicted molar refractivity (Wildman–Crippen MR) is 72.2 cm³/mol. The second-order valence-corrected chi connectivity index (χ2v) is 4.14. The Hall–Kier alpha value is -2.67. The Kier molecular flexibility index (Phi) is 4.68. The average molecular weight is 287 g/mol. The first-order chi connectivity index (χ1) is 10.1. The number of carbonyl (C=O) groups excluding carboxylic acids is 1. The van der Waals surface area contributed by atoms with Crippen molar-refractivity contribution in [2.45, 2.75) is 6.42 Å². The first-order valence-corrected chi connectivity index (χ1v) is 6.17. The number of pyridine rings is 1. The maximum Gasteiger partial charge on any atom is 0.355 e. The quantitative estimate of drug-likeness (QED) is 0.790. The van der Waals surface area contributed by atoms with Crippen LogP contribution in [0.15, 0.2) is 30.6 Å². The van der Waals surface area contributed by atoms with E-state index in [0.717, 1.165) is 0 Å². The number of carboxylic acid groups (broad SMARTS) is 1. The first kappa shape index (κ1) is 14.7. The number of ether oxygens (including phenoxy) is 1. The zero-order valence-electron chi connectivity index (χ0n) is 11.3. The maximum atomic E-state index is 12.3. The Morgan fingerprint density at radius 2 is 2.10 bits per heavy atom. The number of methoxy groups -OCH3 is 1. The number of carboxylic acids is 1. The number of hydrogen-bond donors (Lipinski definition) is 1. The van der Waals surface area contributed by atoms with Crippen molar-refractivity contribution in [3.8, 4) is 0 Å². The third-order valence-corrected chi connectivity index (χ3v) is 2.71. The van der Waals surface area contributed by atoms with Crippen molar-refractivity contribution >= 4 is 11.8 Å². The van der Waals surface area contributed by atoms with Crippen LogP contribution in [0.4, 0.5) is 0 Å². The smallest absolute Gasteiger partial charge is 0.355 e. The van der Waals surface area contributed by atoms with Crippen LogP contribution in [-0.2, 0) is 11.2 Å². The Morgan fingerprint density at radius 3 is 2.71 bits per heavy atom. The highest BCUT2D eigenvalue weighted by molar-refractivity contribution is 6.12. The molecule has 21 heavy (non-hydrogen) atoms. The van der Waals surface area contributed by atoms with Gasteiger partial charge in [-0.15, -0.1) is 0 Å². The van der Waals surface area contributed by atoms with Gasteiger partial charge in [-0.05, 0) is 12.1 Å². The molecule has 0 saturated heterocycles. The van der Waals surface area contributed by atoms with Gasteiger partial charge < -0.3 is 9.84 Å². The SMILES string of the molecule is COCCc1ncc(C(=O)c2ccccn2)c(C(=O)O)n1. The van der Waals surface area contributed by atoms with Gasteiger partial charge in [-0.1, -0.05) is 6.07 Å². The van der Waals surface area contributed by atoms with E-state index < -0.39 is 11.8 Å². The van der Waals surface area contributed by atoms with Crippen molar-refractivity contribution in [2.75, 3.05) is 13.7 Å². The third kappa shape index (κ3) is 3.46. The number of aromatic nitrogens is 3. The van der Waals surface area contributed by atoms with Gasteiger partial charge in [0.2, 0.25) is 5.78 Å². The molecule has 7 heteroatoms. The van der Waals surface area contributed by atoms with Gasteiger partial charge in [0, 0.05) is 25.9 Å². The van der Waals surface area contributed by atoms with Gasteiger partial charge in [0.25, 0.3) is 0 Å². The second-order valence-electron chi connectivity index (χ2n) is 4.14. The highest BCUT2D eigenvalue weighted by Crippen LogP contribution is 2.11. The normalized spacial score (nSPS) is 10.3. The van der Waals surface area contributed by atoms with Gasteiger partial charge in [0.15, 0.2) is 5.69 Å². The molecule has 0 unspecified atom stereocenters. The van der Waals surface area contributed by atoms with Crippen LogP contribution in [0.2, 0.25) is 0 Å². The van der Waals surface area contributed by atoms with Gasteiger partial charge in [-0.3, -0.25) is 9.78 Å². The lowest BCUT2D eigenvalue weighted by Gasteiger charge is -2.06. The summed E-state index contributed by atoms with van der Waals surface area (Å²) >= 11 is 0. The highest BCUT2D eigenvalue weighted by Gasteiger charge is 2.21. The summed E-state index contributed by atoms with van der Waals surface area (Å²) in [6.45, 7) is 0.368. The van der Waals surface area contributed by atoms with Crippen LogP contribution in [0.3, 0.4) is 0 Å². The topological polar surface area (TPSA) is 102 Å². The van der Waals surface area contributed by atoms with Crippen molar-refractivity contribution in [1.82, 2.24) is 15.0 Å². The van der Waals surface area contributed by atoms with E-state index in [2.05, 4.69) is 15.0 Å². The Labute approximate surface area is 120 Å². The lowest BCUT2D eigenvalue weighted by atomic mass is 10.1. The molecule has 0 radical (unpaired) electrons. The molecule has 2 aromatic heterocycles. The van der Waals surface area contributed by atoms with Crippen molar-refractivity contribution < 1.29 is 19.4 Å². The fourth-order valence-corrected chi connectivity index (χ4v) is 1.70. The van der Waals surface area contributed by atoms with Crippen molar-refractivity contribution in [3.05, 3.63) is 53.4 Å². The van der Waals surface area contributed by atoms with Gasteiger partial charge in [-0.25, -0.2) is 14.8 Å². The molecule has 0 bridgehead atoms. The van der Waals surface area contributed by atoms with Gasteiger partial charge in [0.1, 0.15) is 11.5 Å². The number of ketones is 1. The van der Waals surface area contributed by atoms with Crippen molar-refractivity contribution in [2.24, 2.45) is 0 Å². The number of carbonyl (C=O) groups is 2. The standard InChI is InChI=1S/C14H13N3O4/c1-21-7-5-11-16-8-9(12(17-11)14(19)20)13(18)10-4-2-3-6-15-10/h2-4,6,8H,5,7H2,1H3,(H,19,20). The fourth-order valence-electron chi connectivity index (χ4n) is 1.70. The van der Waals surface area contributed by atoms with Crippen LogP contribution >= 0.6 is 0 Å². The average Bonchev–Trinajstić information content (AvgIpc) is 2.52. The Bertz CT molecular complexity index is 659. The largest absolute Gasteiger partial charge is 0.476 e. The minimum Gasteiger partial charge on any atom is -0.476 e. The molecule has 108 valence electrons. The molecule has 7 nitrogen and oxygen atoms in total. The number of rotatable bonds is 6. The molecule has 2 heterocycles. The van der Waals surface area contributed by atoms with E-state index in [-0.39, 0.29) is 17.0 Å². The molecular weight excluding hydrogens is 274 g/mol. The molecule has 0 aliphatic rings. The molecule has 0 aliphatic heterocycles. The van der Waals surface area contributed by atoms with E-state index in [1.165, 1.54) is 25.6 Å². The Balaban J connectivity index is 2.39. The zero-order valence-corrected chi connectivity index (χ0v) is 11.3. The van der Waals surface area contributed by atoms with E-state index in [0.29, 0.717) is 18.9 Å². The van der Waals surface area contributed by atoms with E-state index in [1.54, 1.807) is 12.1 Å². The predicted octanol–water partition coefficient (Wildman–Crippen LogP) is 0.990. The van der Waals surface area contributed by atoms with Crippen LogP contribution in [0.1, 0.15) is 32.4 Å². The zero-order chi connectivity index (χ0) is 15.2. The first-order valence-electron chi connectivity index (χ1n) is 6.17. The molecule has 1 N–H and O–H groups in total. The van der Waals surface area contributed by atoms with Gasteiger partial charge in [0.05, 0.1) is 12.2 Å². The van der Waals surface area contributed by atoms with Crippen LogP contribution in [-0.4, -0.2) is 45.5 Å². The maximum absolute atomic E-state index is 12.3. The van der Waals surface area contributed by atoms with Gasteiger partial charge in [-0.2, -0.15) is 0 Å². The highest BCUT2D eigenvalue weighted by atomic mass is 16.5. The summed E-state index contributed by atoms with van der Waals surface area (Å²) < 4.78 is 4.89. The van der Waals surface area contributed by atoms with E-state index in [4.69, 9.17) is 4.74 Å². The summed E-state index contributed by atoms with van der Waals surface area (Å²) in [5.41, 5.74) is -0.262. The van der Waals surface area contributed by atoms with E-state index in [9.17, 15) is 14.7 Å². The summed E-state index contributed by atoms with van der Waals surface area (Å²) in [5, 5.41) is 9.22.